The fourth-order valence-electron chi connectivity index (χ4n) is 0.911. The summed E-state index contributed by atoms with van der Waals surface area (Å²) in [7, 11) is 0. The Morgan fingerprint density at radius 2 is 2.00 bits per heavy atom. The van der Waals surface area contributed by atoms with Crippen LogP contribution < -0.4 is 5.73 Å². The molecule has 2 N–H and O–H groups in total. The van der Waals surface area contributed by atoms with Gasteiger partial charge in [-0.25, -0.2) is 0 Å². The van der Waals surface area contributed by atoms with Crippen LogP contribution in [0.2, 0.25) is 0 Å². The first-order chi connectivity index (χ1) is 6.36. The third-order valence-electron chi connectivity index (χ3n) is 1.59. The maximum atomic E-state index is 5.33. The normalized spacial score (nSPS) is 9.08. The quantitative estimate of drug-likeness (QED) is 0.572. The summed E-state index contributed by atoms with van der Waals surface area (Å²) in [5, 5.41) is 0. The molecule has 0 unspecified atom stereocenters. The number of benzene rings is 1. The predicted molar refractivity (Wildman–Crippen MR) is 58.8 cm³/mol. The fourth-order valence-corrected chi connectivity index (χ4v) is 1.32. The van der Waals surface area contributed by atoms with Crippen LogP contribution in [0.4, 0.5) is 0 Å². The van der Waals surface area contributed by atoms with E-state index < -0.39 is 0 Å². The van der Waals surface area contributed by atoms with Gasteiger partial charge in [-0.15, -0.1) is 11.8 Å². The fraction of sp³-hybridized carbons (Fsp3) is 0.273. The SMILES string of the molecule is CSc1ccc(C#CCCN)cc1. The number of hydrogen-bond acceptors (Lipinski definition) is 2. The maximum absolute atomic E-state index is 5.33. The molecule has 1 rings (SSSR count). The van der Waals surface area contributed by atoms with Gasteiger partial charge in [-0.05, 0) is 30.5 Å². The van der Waals surface area contributed by atoms with Crippen molar-refractivity contribution < 1.29 is 0 Å². The van der Waals surface area contributed by atoms with Crippen LogP contribution in [0.1, 0.15) is 12.0 Å². The zero-order valence-corrected chi connectivity index (χ0v) is 8.53. The molecule has 0 spiro atoms. The monoisotopic (exact) mass is 191 g/mol. The molecule has 1 aromatic rings. The van der Waals surface area contributed by atoms with E-state index in [2.05, 4.69) is 30.2 Å². The van der Waals surface area contributed by atoms with E-state index in [1.54, 1.807) is 11.8 Å². The Morgan fingerprint density at radius 1 is 1.31 bits per heavy atom. The van der Waals surface area contributed by atoms with Crippen LogP contribution in [0.25, 0.3) is 0 Å². The molecule has 1 nitrogen and oxygen atoms in total. The van der Waals surface area contributed by atoms with Crippen LogP contribution in [0, 0.1) is 11.8 Å². The summed E-state index contributed by atoms with van der Waals surface area (Å²) in [6.45, 7) is 0.635. The largest absolute Gasteiger partial charge is 0.330 e. The van der Waals surface area contributed by atoms with Crippen molar-refractivity contribution >= 4 is 11.8 Å². The second kappa shape index (κ2) is 5.69. The van der Waals surface area contributed by atoms with E-state index in [1.165, 1.54) is 4.90 Å². The molecule has 13 heavy (non-hydrogen) atoms. The maximum Gasteiger partial charge on any atom is 0.0246 e. The van der Waals surface area contributed by atoms with Gasteiger partial charge in [0.2, 0.25) is 0 Å². The molecule has 0 fully saturated rings. The van der Waals surface area contributed by atoms with Crippen molar-refractivity contribution in [3.05, 3.63) is 29.8 Å². The molecule has 0 aliphatic heterocycles. The van der Waals surface area contributed by atoms with E-state index in [9.17, 15) is 0 Å². The van der Waals surface area contributed by atoms with Crippen molar-refractivity contribution in [2.75, 3.05) is 12.8 Å². The first-order valence-electron chi connectivity index (χ1n) is 4.20. The molecule has 2 heteroatoms. The Bertz CT molecular complexity index is 305. The molecular weight excluding hydrogens is 178 g/mol. The summed E-state index contributed by atoms with van der Waals surface area (Å²) < 4.78 is 0. The van der Waals surface area contributed by atoms with E-state index in [0.29, 0.717) is 6.54 Å². The Morgan fingerprint density at radius 3 is 2.54 bits per heavy atom. The molecular formula is C11H13NS. The molecule has 1 aromatic carbocycles. The summed E-state index contributed by atoms with van der Waals surface area (Å²) in [6, 6.07) is 8.24. The van der Waals surface area contributed by atoms with Gasteiger partial charge in [0.1, 0.15) is 0 Å². The Labute approximate surface area is 83.7 Å². The van der Waals surface area contributed by atoms with Gasteiger partial charge in [0, 0.05) is 23.4 Å². The number of thioether (sulfide) groups is 1. The van der Waals surface area contributed by atoms with Crippen LogP contribution in [-0.4, -0.2) is 12.8 Å². The standard InChI is InChI=1S/C11H13NS/c1-13-11-7-5-10(6-8-11)4-2-3-9-12/h5-8H,3,9,12H2,1H3. The van der Waals surface area contributed by atoms with Crippen LogP contribution in [-0.2, 0) is 0 Å². The Balaban J connectivity index is 2.65. The zero-order valence-electron chi connectivity index (χ0n) is 7.71. The Kier molecular flexibility index (Phi) is 4.45. The molecule has 0 aliphatic carbocycles. The van der Waals surface area contributed by atoms with Crippen LogP contribution in [0.15, 0.2) is 29.2 Å². The zero-order chi connectivity index (χ0) is 9.52. The lowest BCUT2D eigenvalue weighted by Gasteiger charge is -1.94. The molecule has 0 bridgehead atoms. The van der Waals surface area contributed by atoms with Crippen molar-refractivity contribution in [1.29, 1.82) is 0 Å². The lowest BCUT2D eigenvalue weighted by Crippen LogP contribution is -1.95. The first-order valence-corrected chi connectivity index (χ1v) is 5.42. The molecule has 0 saturated heterocycles. The summed E-state index contributed by atoms with van der Waals surface area (Å²) >= 11 is 1.74. The summed E-state index contributed by atoms with van der Waals surface area (Å²) in [4.78, 5) is 1.27. The third-order valence-corrected chi connectivity index (χ3v) is 2.34. The van der Waals surface area contributed by atoms with Crippen molar-refractivity contribution in [3.8, 4) is 11.8 Å². The van der Waals surface area contributed by atoms with Gasteiger partial charge in [-0.2, -0.15) is 0 Å². The minimum absolute atomic E-state index is 0.635. The molecule has 0 aromatic heterocycles. The van der Waals surface area contributed by atoms with E-state index in [1.807, 2.05) is 12.1 Å². The van der Waals surface area contributed by atoms with E-state index >= 15 is 0 Å². The predicted octanol–water partition coefficient (Wildman–Crippen LogP) is 2.11. The number of hydrogen-bond donors (Lipinski definition) is 1. The average molecular weight is 191 g/mol. The number of nitrogens with two attached hydrogens (primary N) is 1. The van der Waals surface area contributed by atoms with E-state index in [0.717, 1.165) is 12.0 Å². The van der Waals surface area contributed by atoms with Gasteiger partial charge in [-0.1, -0.05) is 11.8 Å². The highest BCUT2D eigenvalue weighted by molar-refractivity contribution is 7.98. The van der Waals surface area contributed by atoms with E-state index in [-0.39, 0.29) is 0 Å². The number of rotatable bonds is 2. The molecule has 0 amide bonds. The van der Waals surface area contributed by atoms with Crippen LogP contribution in [0.3, 0.4) is 0 Å². The minimum Gasteiger partial charge on any atom is -0.330 e. The van der Waals surface area contributed by atoms with Crippen molar-refractivity contribution in [2.24, 2.45) is 5.73 Å². The summed E-state index contributed by atoms with van der Waals surface area (Å²) in [6.07, 6.45) is 2.83. The second-order valence-corrected chi connectivity index (χ2v) is 3.45. The molecule has 0 aliphatic rings. The van der Waals surface area contributed by atoms with Crippen molar-refractivity contribution in [2.45, 2.75) is 11.3 Å². The summed E-state index contributed by atoms with van der Waals surface area (Å²) in [5.41, 5.74) is 6.39. The summed E-state index contributed by atoms with van der Waals surface area (Å²) in [5.74, 6) is 6.06. The van der Waals surface area contributed by atoms with Crippen LogP contribution in [0.5, 0.6) is 0 Å². The topological polar surface area (TPSA) is 26.0 Å². The molecule has 68 valence electrons. The second-order valence-electron chi connectivity index (χ2n) is 2.57. The van der Waals surface area contributed by atoms with Gasteiger partial charge in [0.15, 0.2) is 0 Å². The average Bonchev–Trinajstić information content (AvgIpc) is 2.19. The highest BCUT2D eigenvalue weighted by Crippen LogP contribution is 2.14. The molecule has 0 radical (unpaired) electrons. The molecule has 0 atom stereocenters. The first kappa shape index (κ1) is 10.2. The molecule has 0 saturated carbocycles. The Hall–Kier alpha value is -0.910. The lowest BCUT2D eigenvalue weighted by molar-refractivity contribution is 1.03. The highest BCUT2D eigenvalue weighted by Gasteiger charge is 1.88. The van der Waals surface area contributed by atoms with Crippen molar-refractivity contribution in [1.82, 2.24) is 0 Å². The van der Waals surface area contributed by atoms with E-state index in [4.69, 9.17) is 5.73 Å². The smallest absolute Gasteiger partial charge is 0.0246 e. The van der Waals surface area contributed by atoms with Gasteiger partial charge < -0.3 is 5.73 Å². The van der Waals surface area contributed by atoms with Crippen molar-refractivity contribution in [3.63, 3.8) is 0 Å². The third kappa shape index (κ3) is 3.54. The highest BCUT2D eigenvalue weighted by atomic mass is 32.2. The van der Waals surface area contributed by atoms with Gasteiger partial charge >= 0.3 is 0 Å². The van der Waals surface area contributed by atoms with Crippen LogP contribution >= 0.6 is 11.8 Å². The lowest BCUT2D eigenvalue weighted by atomic mass is 10.2. The van der Waals surface area contributed by atoms with Gasteiger partial charge in [0.05, 0.1) is 0 Å². The van der Waals surface area contributed by atoms with Gasteiger partial charge in [-0.3, -0.25) is 0 Å². The minimum atomic E-state index is 0.635. The van der Waals surface area contributed by atoms with Gasteiger partial charge in [0.25, 0.3) is 0 Å². The molecule has 0 heterocycles.